The molecule has 5 nitrogen and oxygen atoms in total. The largest absolute Gasteiger partial charge is 0.369 e. The van der Waals surface area contributed by atoms with Gasteiger partial charge in [-0.2, -0.15) is 0 Å². The molecule has 1 atom stereocenters. The van der Waals surface area contributed by atoms with Crippen molar-refractivity contribution in [2.24, 2.45) is 5.92 Å². The highest BCUT2D eigenvalue weighted by molar-refractivity contribution is 5.84. The van der Waals surface area contributed by atoms with E-state index >= 15 is 0 Å². The van der Waals surface area contributed by atoms with Crippen molar-refractivity contribution in [2.45, 2.75) is 50.6 Å². The van der Waals surface area contributed by atoms with E-state index in [2.05, 4.69) is 5.32 Å². The van der Waals surface area contributed by atoms with Gasteiger partial charge in [0, 0.05) is 38.1 Å². The first kappa shape index (κ1) is 17.3. The van der Waals surface area contributed by atoms with Gasteiger partial charge >= 0.3 is 0 Å². The van der Waals surface area contributed by atoms with E-state index in [0.29, 0.717) is 31.1 Å². The Morgan fingerprint density at radius 1 is 1.08 bits per heavy atom. The molecule has 0 unspecified atom stereocenters. The molecule has 0 bridgehead atoms. The van der Waals surface area contributed by atoms with Crippen LogP contribution in [0.3, 0.4) is 0 Å². The number of nitrogens with one attached hydrogen (secondary N) is 1. The number of likely N-dealkylation sites (tertiary alicyclic amines) is 1. The molecule has 1 saturated carbocycles. The predicted molar refractivity (Wildman–Crippen MR) is 97.2 cm³/mol. The van der Waals surface area contributed by atoms with Crippen molar-refractivity contribution in [1.29, 1.82) is 0 Å². The van der Waals surface area contributed by atoms with E-state index < -0.39 is 0 Å². The van der Waals surface area contributed by atoms with Gasteiger partial charge in [-0.15, -0.1) is 0 Å². The first-order valence-electron chi connectivity index (χ1n) is 9.71. The van der Waals surface area contributed by atoms with E-state index in [1.54, 1.807) is 12.1 Å². The maximum absolute atomic E-state index is 13.9. The monoisotopic (exact) mass is 359 g/mol. The molecular weight excluding hydrogens is 333 g/mol. The summed E-state index contributed by atoms with van der Waals surface area (Å²) in [6.45, 7) is 2.05. The first-order chi connectivity index (χ1) is 12.6. The van der Waals surface area contributed by atoms with Crippen LogP contribution in [0, 0.1) is 11.7 Å². The predicted octanol–water partition coefficient (Wildman–Crippen LogP) is 2.31. The molecule has 4 rings (SSSR count). The summed E-state index contributed by atoms with van der Waals surface area (Å²) in [5, 5.41) is 3.17. The summed E-state index contributed by atoms with van der Waals surface area (Å²) in [4.78, 5) is 28.6. The molecule has 0 radical (unpaired) electrons. The van der Waals surface area contributed by atoms with Crippen LogP contribution in [-0.4, -0.2) is 48.4 Å². The van der Waals surface area contributed by atoms with Crippen molar-refractivity contribution in [3.8, 4) is 0 Å². The van der Waals surface area contributed by atoms with Crippen molar-refractivity contribution in [2.75, 3.05) is 24.5 Å². The number of carbonyl (C=O) groups is 2. The van der Waals surface area contributed by atoms with Gasteiger partial charge in [0.2, 0.25) is 11.8 Å². The van der Waals surface area contributed by atoms with Gasteiger partial charge in [0.05, 0.1) is 11.6 Å². The van der Waals surface area contributed by atoms with E-state index in [1.807, 2.05) is 15.9 Å². The van der Waals surface area contributed by atoms with E-state index in [9.17, 15) is 14.0 Å². The lowest BCUT2D eigenvalue weighted by atomic mass is 9.95. The summed E-state index contributed by atoms with van der Waals surface area (Å²) < 4.78 is 13.9. The Kier molecular flexibility index (Phi) is 4.83. The summed E-state index contributed by atoms with van der Waals surface area (Å²) in [6.07, 6.45) is 4.93. The molecule has 2 aliphatic heterocycles. The van der Waals surface area contributed by atoms with Crippen LogP contribution in [0.4, 0.5) is 10.1 Å². The lowest BCUT2D eigenvalue weighted by molar-refractivity contribution is -0.139. The van der Waals surface area contributed by atoms with Crippen molar-refractivity contribution < 1.29 is 14.0 Å². The minimum Gasteiger partial charge on any atom is -0.369 e. The van der Waals surface area contributed by atoms with Crippen LogP contribution in [0.15, 0.2) is 24.3 Å². The number of rotatable bonds is 4. The molecule has 0 aromatic heterocycles. The van der Waals surface area contributed by atoms with E-state index in [-0.39, 0.29) is 29.6 Å². The second-order valence-corrected chi connectivity index (χ2v) is 7.73. The molecular formula is C20H26FN3O2. The number of hydrogen-bond acceptors (Lipinski definition) is 3. The Hall–Kier alpha value is -2.11. The third-order valence-electron chi connectivity index (χ3n) is 5.84. The molecule has 140 valence electrons. The molecule has 0 spiro atoms. The molecule has 3 aliphatic rings. The van der Waals surface area contributed by atoms with Crippen LogP contribution in [0.1, 0.15) is 38.5 Å². The second-order valence-electron chi connectivity index (χ2n) is 7.73. The maximum atomic E-state index is 13.9. The van der Waals surface area contributed by atoms with Crippen molar-refractivity contribution in [3.63, 3.8) is 0 Å². The van der Waals surface area contributed by atoms with Gasteiger partial charge < -0.3 is 15.1 Å². The Balaban J connectivity index is 1.28. The number of amides is 2. The smallest absolute Gasteiger partial charge is 0.225 e. The Morgan fingerprint density at radius 3 is 2.50 bits per heavy atom. The van der Waals surface area contributed by atoms with Crippen molar-refractivity contribution >= 4 is 17.5 Å². The van der Waals surface area contributed by atoms with E-state index in [4.69, 9.17) is 0 Å². The average molecular weight is 359 g/mol. The van der Waals surface area contributed by atoms with Crippen LogP contribution in [0.2, 0.25) is 0 Å². The summed E-state index contributed by atoms with van der Waals surface area (Å²) >= 11 is 0. The number of nitrogens with zero attached hydrogens (tertiary/aromatic N) is 2. The topological polar surface area (TPSA) is 52.7 Å². The third-order valence-corrected chi connectivity index (χ3v) is 5.84. The molecule has 1 aromatic rings. The van der Waals surface area contributed by atoms with Crippen molar-refractivity contribution in [3.05, 3.63) is 30.1 Å². The second kappa shape index (κ2) is 7.25. The molecule has 1 N–H and O–H groups in total. The summed E-state index contributed by atoms with van der Waals surface area (Å²) in [5.41, 5.74) is 0.642. The van der Waals surface area contributed by atoms with Gasteiger partial charge in [-0.05, 0) is 44.2 Å². The number of halogens is 1. The molecule has 1 aliphatic carbocycles. The summed E-state index contributed by atoms with van der Waals surface area (Å²) in [6, 6.07) is 7.35. The van der Waals surface area contributed by atoms with Crippen LogP contribution in [-0.2, 0) is 9.59 Å². The maximum Gasteiger partial charge on any atom is 0.225 e. The molecule has 26 heavy (non-hydrogen) atoms. The Bertz CT molecular complexity index is 683. The zero-order valence-corrected chi connectivity index (χ0v) is 15.0. The third kappa shape index (κ3) is 3.69. The fraction of sp³-hybridized carbons (Fsp3) is 0.600. The zero-order valence-electron chi connectivity index (χ0n) is 15.0. The first-order valence-corrected chi connectivity index (χ1v) is 9.71. The fourth-order valence-corrected chi connectivity index (χ4v) is 4.12. The average Bonchev–Trinajstić information content (AvgIpc) is 3.48. The molecule has 2 amide bonds. The van der Waals surface area contributed by atoms with Crippen LogP contribution >= 0.6 is 0 Å². The SMILES string of the molecule is O=C(NC1CCN(c2ccccc2F)CC1)[C@H]1CCC(=O)N(C2CC2)C1. The highest BCUT2D eigenvalue weighted by atomic mass is 19.1. The molecule has 1 aromatic carbocycles. The number of para-hydroxylation sites is 1. The minimum atomic E-state index is -0.193. The summed E-state index contributed by atoms with van der Waals surface area (Å²) in [7, 11) is 0. The lowest BCUT2D eigenvalue weighted by Crippen LogP contribution is -2.50. The van der Waals surface area contributed by atoms with Crippen LogP contribution < -0.4 is 10.2 Å². The minimum absolute atomic E-state index is 0.0764. The van der Waals surface area contributed by atoms with E-state index in [0.717, 1.165) is 38.8 Å². The number of benzene rings is 1. The fourth-order valence-electron chi connectivity index (χ4n) is 4.12. The van der Waals surface area contributed by atoms with E-state index in [1.165, 1.54) is 6.07 Å². The van der Waals surface area contributed by atoms with Crippen molar-refractivity contribution in [1.82, 2.24) is 10.2 Å². The zero-order chi connectivity index (χ0) is 18.1. The lowest BCUT2D eigenvalue weighted by Gasteiger charge is -2.36. The van der Waals surface area contributed by atoms with Gasteiger partial charge in [-0.3, -0.25) is 9.59 Å². The number of hydrogen-bond donors (Lipinski definition) is 1. The van der Waals surface area contributed by atoms with Gasteiger partial charge in [0.25, 0.3) is 0 Å². The van der Waals surface area contributed by atoms with Crippen LogP contribution in [0.5, 0.6) is 0 Å². The standard InChI is InChI=1S/C20H26FN3O2/c21-17-3-1-2-4-18(17)23-11-9-15(10-12-23)22-20(26)14-5-8-19(25)24(13-14)16-6-7-16/h1-4,14-16H,5-13H2,(H,22,26)/t14-/m0/s1. The molecule has 3 fully saturated rings. The number of piperidine rings is 2. The highest BCUT2D eigenvalue weighted by Gasteiger charge is 2.39. The molecule has 6 heteroatoms. The number of carbonyl (C=O) groups excluding carboxylic acids is 2. The highest BCUT2D eigenvalue weighted by Crippen LogP contribution is 2.32. The normalized spacial score (nSPS) is 24.7. The molecule has 2 heterocycles. The number of anilines is 1. The van der Waals surface area contributed by atoms with Gasteiger partial charge in [0.1, 0.15) is 5.82 Å². The van der Waals surface area contributed by atoms with Gasteiger partial charge in [0.15, 0.2) is 0 Å². The van der Waals surface area contributed by atoms with Gasteiger partial charge in [-0.1, -0.05) is 12.1 Å². The quantitative estimate of drug-likeness (QED) is 0.898. The van der Waals surface area contributed by atoms with Crippen LogP contribution in [0.25, 0.3) is 0 Å². The Labute approximate surface area is 153 Å². The van der Waals surface area contributed by atoms with Gasteiger partial charge in [-0.25, -0.2) is 4.39 Å². The summed E-state index contributed by atoms with van der Waals surface area (Å²) in [5.74, 6) is 0.00200. The Morgan fingerprint density at radius 2 is 1.81 bits per heavy atom. The molecule has 2 saturated heterocycles.